The summed E-state index contributed by atoms with van der Waals surface area (Å²) in [4.78, 5) is 0. The molecule has 0 aliphatic heterocycles. The quantitative estimate of drug-likeness (QED) is 0.729. The van der Waals surface area contributed by atoms with E-state index in [1.54, 1.807) is 6.07 Å². The van der Waals surface area contributed by atoms with Crippen molar-refractivity contribution in [1.29, 1.82) is 0 Å². The van der Waals surface area contributed by atoms with Crippen molar-refractivity contribution in [3.8, 4) is 0 Å². The molecule has 1 fully saturated rings. The van der Waals surface area contributed by atoms with Gasteiger partial charge in [-0.3, -0.25) is 0 Å². The summed E-state index contributed by atoms with van der Waals surface area (Å²) in [5.74, 6) is 0.801. The molecule has 0 unspecified atom stereocenters. The summed E-state index contributed by atoms with van der Waals surface area (Å²) in [6.07, 6.45) is 8.26. The molecule has 1 aliphatic rings. The van der Waals surface area contributed by atoms with Gasteiger partial charge in [0, 0.05) is 22.3 Å². The van der Waals surface area contributed by atoms with E-state index in [0.717, 1.165) is 18.2 Å². The standard InChI is InChI=1S/C14H19Cl2N/c15-12-7-13(16)9-14(8-12)17-10-11-5-3-1-2-4-6-11/h7-9,11,17H,1-6,10H2. The second-order valence-corrected chi connectivity index (χ2v) is 5.77. The molecule has 94 valence electrons. The molecule has 3 heteroatoms. The van der Waals surface area contributed by atoms with E-state index in [9.17, 15) is 0 Å². The zero-order valence-electron chi connectivity index (χ0n) is 10.0. The molecule has 0 atom stereocenters. The highest BCUT2D eigenvalue weighted by Gasteiger charge is 2.11. The lowest BCUT2D eigenvalue weighted by Gasteiger charge is -2.16. The van der Waals surface area contributed by atoms with Gasteiger partial charge in [-0.25, -0.2) is 0 Å². The predicted molar refractivity (Wildman–Crippen MR) is 76.1 cm³/mol. The average molecular weight is 272 g/mol. The molecule has 0 radical (unpaired) electrons. The van der Waals surface area contributed by atoms with E-state index in [-0.39, 0.29) is 0 Å². The van der Waals surface area contributed by atoms with E-state index < -0.39 is 0 Å². The van der Waals surface area contributed by atoms with Crippen molar-refractivity contribution < 1.29 is 0 Å². The molecule has 0 bridgehead atoms. The Morgan fingerprint density at radius 1 is 0.941 bits per heavy atom. The topological polar surface area (TPSA) is 12.0 Å². The van der Waals surface area contributed by atoms with Crippen LogP contribution in [0.5, 0.6) is 0 Å². The van der Waals surface area contributed by atoms with Crippen molar-refractivity contribution in [2.24, 2.45) is 5.92 Å². The third-order valence-corrected chi connectivity index (χ3v) is 3.87. The molecule has 1 nitrogen and oxygen atoms in total. The van der Waals surface area contributed by atoms with Gasteiger partial charge in [-0.2, -0.15) is 0 Å². The number of hydrogen-bond donors (Lipinski definition) is 1. The second kappa shape index (κ2) is 6.51. The van der Waals surface area contributed by atoms with Gasteiger partial charge in [0.15, 0.2) is 0 Å². The van der Waals surface area contributed by atoms with Gasteiger partial charge in [0.05, 0.1) is 0 Å². The van der Waals surface area contributed by atoms with Gasteiger partial charge in [0.2, 0.25) is 0 Å². The first-order valence-electron chi connectivity index (χ1n) is 6.44. The zero-order valence-corrected chi connectivity index (χ0v) is 11.5. The largest absolute Gasteiger partial charge is 0.385 e. The van der Waals surface area contributed by atoms with Gasteiger partial charge in [0.25, 0.3) is 0 Å². The SMILES string of the molecule is Clc1cc(Cl)cc(NCC2CCCCCC2)c1. The van der Waals surface area contributed by atoms with E-state index in [2.05, 4.69) is 5.32 Å². The highest BCUT2D eigenvalue weighted by molar-refractivity contribution is 6.35. The highest BCUT2D eigenvalue weighted by Crippen LogP contribution is 2.25. The van der Waals surface area contributed by atoms with Gasteiger partial charge in [-0.1, -0.05) is 48.9 Å². The van der Waals surface area contributed by atoms with Crippen molar-refractivity contribution in [2.45, 2.75) is 38.5 Å². The molecule has 1 saturated carbocycles. The number of benzene rings is 1. The van der Waals surface area contributed by atoms with Gasteiger partial charge < -0.3 is 5.32 Å². The number of halogens is 2. The minimum absolute atomic E-state index is 0.695. The van der Waals surface area contributed by atoms with Gasteiger partial charge in [-0.15, -0.1) is 0 Å². The molecule has 0 aromatic heterocycles. The van der Waals surface area contributed by atoms with E-state index in [1.807, 2.05) is 12.1 Å². The minimum Gasteiger partial charge on any atom is -0.385 e. The van der Waals surface area contributed by atoms with E-state index in [1.165, 1.54) is 38.5 Å². The van der Waals surface area contributed by atoms with Crippen LogP contribution in [0, 0.1) is 5.92 Å². The zero-order chi connectivity index (χ0) is 12.1. The fourth-order valence-electron chi connectivity index (χ4n) is 2.49. The monoisotopic (exact) mass is 271 g/mol. The van der Waals surface area contributed by atoms with Crippen LogP contribution in [0.15, 0.2) is 18.2 Å². The van der Waals surface area contributed by atoms with Crippen LogP contribution in [0.25, 0.3) is 0 Å². The highest BCUT2D eigenvalue weighted by atomic mass is 35.5. The summed E-state index contributed by atoms with van der Waals surface area (Å²) in [6.45, 7) is 1.04. The molecule has 1 N–H and O–H groups in total. The van der Waals surface area contributed by atoms with Crippen LogP contribution >= 0.6 is 23.2 Å². The Labute approximate surface area is 114 Å². The summed E-state index contributed by atoms with van der Waals surface area (Å²) in [5.41, 5.74) is 1.03. The Hall–Kier alpha value is -0.400. The number of anilines is 1. The molecule has 17 heavy (non-hydrogen) atoms. The molecule has 0 saturated heterocycles. The summed E-state index contributed by atoms with van der Waals surface area (Å²) >= 11 is 11.9. The molecule has 1 aromatic rings. The van der Waals surface area contributed by atoms with Crippen LogP contribution in [-0.2, 0) is 0 Å². The Kier molecular flexibility index (Phi) is 4.99. The Morgan fingerprint density at radius 3 is 2.12 bits per heavy atom. The first-order chi connectivity index (χ1) is 8.24. The molecule has 1 aromatic carbocycles. The fourth-order valence-corrected chi connectivity index (χ4v) is 3.01. The van der Waals surface area contributed by atoms with Gasteiger partial charge in [-0.05, 0) is 37.0 Å². The lowest BCUT2D eigenvalue weighted by Crippen LogP contribution is -2.13. The fraction of sp³-hybridized carbons (Fsp3) is 0.571. The lowest BCUT2D eigenvalue weighted by molar-refractivity contribution is 0.483. The number of hydrogen-bond acceptors (Lipinski definition) is 1. The molecule has 0 spiro atoms. The summed E-state index contributed by atoms with van der Waals surface area (Å²) in [6, 6.07) is 5.63. The van der Waals surface area contributed by atoms with Crippen LogP contribution in [0.3, 0.4) is 0 Å². The van der Waals surface area contributed by atoms with Crippen molar-refractivity contribution in [2.75, 3.05) is 11.9 Å². The first-order valence-corrected chi connectivity index (χ1v) is 7.19. The van der Waals surface area contributed by atoms with Crippen LogP contribution in [-0.4, -0.2) is 6.54 Å². The molecule has 0 amide bonds. The summed E-state index contributed by atoms with van der Waals surface area (Å²) in [7, 11) is 0. The Bertz CT molecular complexity index is 337. The van der Waals surface area contributed by atoms with E-state index >= 15 is 0 Å². The summed E-state index contributed by atoms with van der Waals surface area (Å²) in [5, 5.41) is 4.85. The maximum Gasteiger partial charge on any atom is 0.0441 e. The second-order valence-electron chi connectivity index (χ2n) is 4.90. The average Bonchev–Trinajstić information content (AvgIpc) is 2.53. The normalized spacial score (nSPS) is 17.8. The molecule has 2 rings (SSSR count). The van der Waals surface area contributed by atoms with Crippen LogP contribution in [0.2, 0.25) is 10.0 Å². The predicted octanol–water partition coefficient (Wildman–Crippen LogP) is 5.38. The summed E-state index contributed by atoms with van der Waals surface area (Å²) < 4.78 is 0. The first kappa shape index (κ1) is 13.0. The van der Waals surface area contributed by atoms with Gasteiger partial charge >= 0.3 is 0 Å². The molecule has 0 heterocycles. The smallest absolute Gasteiger partial charge is 0.0441 e. The van der Waals surface area contributed by atoms with E-state index in [4.69, 9.17) is 23.2 Å². The number of rotatable bonds is 3. The van der Waals surface area contributed by atoms with Gasteiger partial charge in [0.1, 0.15) is 0 Å². The molecule has 1 aliphatic carbocycles. The van der Waals surface area contributed by atoms with E-state index in [0.29, 0.717) is 10.0 Å². The molecular weight excluding hydrogens is 253 g/mol. The van der Waals surface area contributed by atoms with Crippen molar-refractivity contribution in [3.05, 3.63) is 28.2 Å². The number of nitrogens with one attached hydrogen (secondary N) is 1. The van der Waals surface area contributed by atoms with Crippen molar-refractivity contribution in [1.82, 2.24) is 0 Å². The Balaban J connectivity index is 1.87. The van der Waals surface area contributed by atoms with Crippen LogP contribution < -0.4 is 5.32 Å². The Morgan fingerprint density at radius 2 is 1.53 bits per heavy atom. The maximum absolute atomic E-state index is 5.97. The maximum atomic E-state index is 5.97. The third kappa shape index (κ3) is 4.40. The third-order valence-electron chi connectivity index (χ3n) is 3.43. The molecular formula is C14H19Cl2N. The van der Waals surface area contributed by atoms with Crippen LogP contribution in [0.4, 0.5) is 5.69 Å². The van der Waals surface area contributed by atoms with Crippen molar-refractivity contribution in [3.63, 3.8) is 0 Å². The minimum atomic E-state index is 0.695. The van der Waals surface area contributed by atoms with Crippen LogP contribution in [0.1, 0.15) is 38.5 Å². The lowest BCUT2D eigenvalue weighted by atomic mass is 10.0. The van der Waals surface area contributed by atoms with Crippen molar-refractivity contribution >= 4 is 28.9 Å².